The highest BCUT2D eigenvalue weighted by molar-refractivity contribution is 7.99. The number of aromatic nitrogens is 1. The number of pyridine rings is 1. The molecule has 1 N–H and O–H groups in total. The van der Waals surface area contributed by atoms with Crippen molar-refractivity contribution >= 4 is 11.8 Å². The fourth-order valence-electron chi connectivity index (χ4n) is 1.60. The Morgan fingerprint density at radius 2 is 1.88 bits per heavy atom. The third-order valence-corrected chi connectivity index (χ3v) is 3.64. The van der Waals surface area contributed by atoms with Crippen molar-refractivity contribution in [2.45, 2.75) is 29.2 Å². The summed E-state index contributed by atoms with van der Waals surface area (Å²) in [4.78, 5) is 6.24. The topological polar surface area (TPSA) is 33.1 Å². The second kappa shape index (κ2) is 5.84. The molecule has 0 amide bonds. The van der Waals surface area contributed by atoms with Crippen molar-refractivity contribution in [3.05, 3.63) is 54.4 Å². The van der Waals surface area contributed by atoms with Gasteiger partial charge in [-0.15, -0.1) is 0 Å². The van der Waals surface area contributed by atoms with Crippen molar-refractivity contribution in [3.63, 3.8) is 0 Å². The lowest BCUT2D eigenvalue weighted by Gasteiger charge is -2.13. The van der Waals surface area contributed by atoms with E-state index in [1.165, 1.54) is 0 Å². The molecule has 1 heterocycles. The van der Waals surface area contributed by atoms with Gasteiger partial charge < -0.3 is 5.11 Å². The van der Waals surface area contributed by atoms with Crippen LogP contribution in [0.1, 0.15) is 25.0 Å². The van der Waals surface area contributed by atoms with E-state index in [1.54, 1.807) is 24.2 Å². The predicted molar refractivity (Wildman–Crippen MR) is 70.1 cm³/mol. The minimum absolute atomic E-state index is 0.388. The predicted octanol–water partition coefficient (Wildman–Crippen LogP) is 3.68. The Labute approximate surface area is 106 Å². The zero-order valence-electron chi connectivity index (χ0n) is 9.71. The van der Waals surface area contributed by atoms with Gasteiger partial charge in [-0.25, -0.2) is 0 Å². The maximum Gasteiger partial charge on any atom is 0.0798 e. The maximum absolute atomic E-state index is 9.96. The zero-order chi connectivity index (χ0) is 12.1. The molecule has 0 bridgehead atoms. The number of aliphatic hydroxyl groups is 1. The molecule has 3 heteroatoms. The van der Waals surface area contributed by atoms with Gasteiger partial charge in [0.15, 0.2) is 0 Å². The van der Waals surface area contributed by atoms with Gasteiger partial charge in [-0.3, -0.25) is 4.98 Å². The Bertz CT molecular complexity index is 473. The van der Waals surface area contributed by atoms with E-state index in [9.17, 15) is 5.11 Å². The summed E-state index contributed by atoms with van der Waals surface area (Å²) >= 11 is 1.66. The van der Waals surface area contributed by atoms with E-state index < -0.39 is 0 Å². The average Bonchev–Trinajstić information content (AvgIpc) is 2.40. The first-order valence-electron chi connectivity index (χ1n) is 5.66. The normalized spacial score (nSPS) is 12.4. The van der Waals surface area contributed by atoms with Gasteiger partial charge in [0, 0.05) is 22.2 Å². The summed E-state index contributed by atoms with van der Waals surface area (Å²) in [5.41, 5.74) is 0.997. The minimum atomic E-state index is -0.388. The van der Waals surface area contributed by atoms with E-state index in [-0.39, 0.29) is 6.10 Å². The third kappa shape index (κ3) is 3.08. The van der Waals surface area contributed by atoms with Crippen molar-refractivity contribution < 1.29 is 5.11 Å². The molecule has 88 valence electrons. The lowest BCUT2D eigenvalue weighted by molar-refractivity contribution is 0.171. The van der Waals surface area contributed by atoms with E-state index in [4.69, 9.17) is 0 Å². The molecule has 0 aliphatic carbocycles. The number of hydrogen-bond donors (Lipinski definition) is 1. The van der Waals surface area contributed by atoms with Gasteiger partial charge in [0.25, 0.3) is 0 Å². The van der Waals surface area contributed by atoms with Crippen LogP contribution in [0.2, 0.25) is 0 Å². The number of rotatable bonds is 4. The second-order valence-electron chi connectivity index (χ2n) is 3.75. The lowest BCUT2D eigenvalue weighted by atomic mass is 10.1. The first-order valence-corrected chi connectivity index (χ1v) is 6.47. The third-order valence-electron chi connectivity index (χ3n) is 2.54. The second-order valence-corrected chi connectivity index (χ2v) is 4.86. The van der Waals surface area contributed by atoms with Gasteiger partial charge in [-0.2, -0.15) is 0 Å². The fraction of sp³-hybridized carbons (Fsp3) is 0.214. The summed E-state index contributed by atoms with van der Waals surface area (Å²) in [7, 11) is 0. The van der Waals surface area contributed by atoms with Gasteiger partial charge in [0.1, 0.15) is 0 Å². The van der Waals surface area contributed by atoms with Gasteiger partial charge in [0.05, 0.1) is 6.10 Å². The molecule has 2 rings (SSSR count). The molecule has 0 aliphatic rings. The van der Waals surface area contributed by atoms with Crippen LogP contribution in [-0.4, -0.2) is 10.1 Å². The monoisotopic (exact) mass is 245 g/mol. The molecule has 0 fully saturated rings. The van der Waals surface area contributed by atoms with Crippen LogP contribution in [0.4, 0.5) is 0 Å². The van der Waals surface area contributed by atoms with E-state index in [2.05, 4.69) is 4.98 Å². The quantitative estimate of drug-likeness (QED) is 0.892. The zero-order valence-corrected chi connectivity index (χ0v) is 10.5. The largest absolute Gasteiger partial charge is 0.388 e. The summed E-state index contributed by atoms with van der Waals surface area (Å²) in [6.07, 6.45) is 3.90. The molecule has 0 saturated heterocycles. The molecule has 0 saturated carbocycles. The van der Waals surface area contributed by atoms with Crippen LogP contribution in [-0.2, 0) is 0 Å². The number of nitrogens with zero attached hydrogens (tertiary/aromatic N) is 1. The highest BCUT2D eigenvalue weighted by atomic mass is 32.2. The maximum atomic E-state index is 9.96. The van der Waals surface area contributed by atoms with Crippen molar-refractivity contribution in [1.29, 1.82) is 0 Å². The van der Waals surface area contributed by atoms with Crippen LogP contribution in [0.5, 0.6) is 0 Å². The first-order chi connectivity index (χ1) is 8.31. The van der Waals surface area contributed by atoms with Crippen LogP contribution in [0.25, 0.3) is 0 Å². The summed E-state index contributed by atoms with van der Waals surface area (Å²) in [6.45, 7) is 1.98. The summed E-state index contributed by atoms with van der Waals surface area (Å²) in [6, 6.07) is 11.9. The molecule has 1 aromatic carbocycles. The molecule has 0 radical (unpaired) electrons. The molecule has 17 heavy (non-hydrogen) atoms. The number of hydrogen-bond acceptors (Lipinski definition) is 3. The van der Waals surface area contributed by atoms with E-state index in [0.29, 0.717) is 0 Å². The van der Waals surface area contributed by atoms with Crippen molar-refractivity contribution in [2.24, 2.45) is 0 Å². The Balaban J connectivity index is 2.27. The fourth-order valence-corrected chi connectivity index (χ4v) is 2.58. The molecule has 1 atom stereocenters. The van der Waals surface area contributed by atoms with E-state index in [0.717, 1.165) is 21.8 Å². The Kier molecular flexibility index (Phi) is 4.18. The Hall–Kier alpha value is -1.32. The summed E-state index contributed by atoms with van der Waals surface area (Å²) in [5.74, 6) is 0. The standard InChI is InChI=1S/C14H15NOS/c1-2-13(16)12-5-3-4-6-14(12)17-11-7-9-15-10-8-11/h3-10,13,16H,2H2,1H3. The van der Waals surface area contributed by atoms with Crippen LogP contribution in [0.3, 0.4) is 0 Å². The van der Waals surface area contributed by atoms with Crippen molar-refractivity contribution in [2.75, 3.05) is 0 Å². The van der Waals surface area contributed by atoms with Crippen LogP contribution in [0, 0.1) is 0 Å². The molecule has 2 nitrogen and oxygen atoms in total. The van der Waals surface area contributed by atoms with Crippen LogP contribution < -0.4 is 0 Å². The van der Waals surface area contributed by atoms with Gasteiger partial charge >= 0.3 is 0 Å². The van der Waals surface area contributed by atoms with E-state index in [1.807, 2.05) is 43.3 Å². The molecular formula is C14H15NOS. The molecule has 1 unspecified atom stereocenters. The highest BCUT2D eigenvalue weighted by Gasteiger charge is 2.10. The average molecular weight is 245 g/mol. The molecule has 0 spiro atoms. The Morgan fingerprint density at radius 1 is 1.18 bits per heavy atom. The van der Waals surface area contributed by atoms with Crippen molar-refractivity contribution in [1.82, 2.24) is 4.98 Å². The summed E-state index contributed by atoms with van der Waals surface area (Å²) in [5, 5.41) is 9.96. The minimum Gasteiger partial charge on any atom is -0.388 e. The Morgan fingerprint density at radius 3 is 2.59 bits per heavy atom. The SMILES string of the molecule is CCC(O)c1ccccc1Sc1ccncc1. The molecular weight excluding hydrogens is 230 g/mol. The number of aliphatic hydroxyl groups excluding tert-OH is 1. The molecule has 1 aromatic heterocycles. The van der Waals surface area contributed by atoms with Gasteiger partial charge in [0.2, 0.25) is 0 Å². The molecule has 2 aromatic rings. The number of benzene rings is 1. The molecule has 0 aliphatic heterocycles. The van der Waals surface area contributed by atoms with Gasteiger partial charge in [-0.1, -0.05) is 36.9 Å². The van der Waals surface area contributed by atoms with Gasteiger partial charge in [-0.05, 0) is 30.2 Å². The smallest absolute Gasteiger partial charge is 0.0798 e. The van der Waals surface area contributed by atoms with E-state index >= 15 is 0 Å². The van der Waals surface area contributed by atoms with Crippen LogP contribution in [0.15, 0.2) is 58.6 Å². The summed E-state index contributed by atoms with van der Waals surface area (Å²) < 4.78 is 0. The first kappa shape index (κ1) is 12.1. The highest BCUT2D eigenvalue weighted by Crippen LogP contribution is 2.33. The lowest BCUT2D eigenvalue weighted by Crippen LogP contribution is -1.96. The van der Waals surface area contributed by atoms with Crippen molar-refractivity contribution in [3.8, 4) is 0 Å². The van der Waals surface area contributed by atoms with Crippen LogP contribution >= 0.6 is 11.8 Å².